The van der Waals surface area contributed by atoms with Crippen LogP contribution in [-0.4, -0.2) is 34.8 Å². The average molecular weight is 288 g/mol. The van der Waals surface area contributed by atoms with E-state index in [9.17, 15) is 9.59 Å². The van der Waals surface area contributed by atoms with E-state index in [2.05, 4.69) is 17.4 Å². The van der Waals surface area contributed by atoms with Crippen molar-refractivity contribution in [1.29, 1.82) is 0 Å². The Hall–Kier alpha value is -1.84. The van der Waals surface area contributed by atoms with Gasteiger partial charge >= 0.3 is 0 Å². The molecule has 2 unspecified atom stereocenters. The first-order valence-corrected chi connectivity index (χ1v) is 7.65. The van der Waals surface area contributed by atoms with Gasteiger partial charge in [-0.1, -0.05) is 37.3 Å². The molecule has 1 heterocycles. The smallest absolute Gasteiger partial charge is 0.246 e. The molecule has 0 bridgehead atoms. The van der Waals surface area contributed by atoms with E-state index in [1.165, 1.54) is 5.56 Å². The standard InChI is InChI=1S/C17H24N2O2/c1-4-17(3)16(21)18-13(2)15(20)19(17)12-8-11-14-9-6-5-7-10-14/h5-7,9-10,13H,4,8,11-12H2,1-3H3,(H,18,21). The topological polar surface area (TPSA) is 49.4 Å². The van der Waals surface area contributed by atoms with Crippen LogP contribution in [0, 0.1) is 0 Å². The molecule has 2 atom stereocenters. The number of benzene rings is 1. The average Bonchev–Trinajstić information content (AvgIpc) is 2.50. The van der Waals surface area contributed by atoms with Crippen molar-refractivity contribution in [2.45, 2.75) is 51.6 Å². The van der Waals surface area contributed by atoms with Crippen molar-refractivity contribution in [2.24, 2.45) is 0 Å². The first-order chi connectivity index (χ1) is 9.99. The summed E-state index contributed by atoms with van der Waals surface area (Å²) in [6, 6.07) is 9.80. The second kappa shape index (κ2) is 6.29. The minimum atomic E-state index is -0.722. The van der Waals surface area contributed by atoms with Crippen LogP contribution >= 0.6 is 0 Å². The molecule has 2 amide bonds. The van der Waals surface area contributed by atoms with Gasteiger partial charge < -0.3 is 10.2 Å². The molecule has 1 aromatic rings. The lowest BCUT2D eigenvalue weighted by Crippen LogP contribution is -2.68. The third-order valence-corrected chi connectivity index (χ3v) is 4.45. The maximum Gasteiger partial charge on any atom is 0.246 e. The van der Waals surface area contributed by atoms with E-state index in [1.807, 2.05) is 32.0 Å². The van der Waals surface area contributed by atoms with Crippen molar-refractivity contribution in [1.82, 2.24) is 10.2 Å². The number of piperazine rings is 1. The summed E-state index contributed by atoms with van der Waals surface area (Å²) >= 11 is 0. The molecular formula is C17H24N2O2. The lowest BCUT2D eigenvalue weighted by molar-refractivity contribution is -0.156. The summed E-state index contributed by atoms with van der Waals surface area (Å²) in [5.74, 6) is -0.0242. The summed E-state index contributed by atoms with van der Waals surface area (Å²) in [6.07, 6.45) is 2.41. The monoisotopic (exact) mass is 288 g/mol. The number of aryl methyl sites for hydroxylation is 1. The molecule has 1 N–H and O–H groups in total. The zero-order chi connectivity index (χ0) is 15.5. The SMILES string of the molecule is CCC1(C)C(=O)NC(C)C(=O)N1CCCc1ccccc1. The largest absolute Gasteiger partial charge is 0.343 e. The molecule has 4 heteroatoms. The fraction of sp³-hybridized carbons (Fsp3) is 0.529. The molecule has 1 aromatic carbocycles. The third-order valence-electron chi connectivity index (χ3n) is 4.45. The number of carbonyl (C=O) groups is 2. The van der Waals surface area contributed by atoms with Crippen molar-refractivity contribution >= 4 is 11.8 Å². The summed E-state index contributed by atoms with van der Waals surface area (Å²) < 4.78 is 0. The van der Waals surface area contributed by atoms with Crippen molar-refractivity contribution in [3.63, 3.8) is 0 Å². The Balaban J connectivity index is 2.04. The van der Waals surface area contributed by atoms with E-state index < -0.39 is 11.6 Å². The first kappa shape index (κ1) is 15.5. The molecule has 1 aliphatic rings. The number of nitrogens with one attached hydrogen (secondary N) is 1. The Kier molecular flexibility index (Phi) is 4.66. The predicted octanol–water partition coefficient (Wildman–Crippen LogP) is 2.13. The van der Waals surface area contributed by atoms with Crippen LogP contribution in [0.2, 0.25) is 0 Å². The van der Waals surface area contributed by atoms with Crippen LogP contribution in [0.3, 0.4) is 0 Å². The van der Waals surface area contributed by atoms with E-state index in [-0.39, 0.29) is 11.8 Å². The summed E-state index contributed by atoms with van der Waals surface area (Å²) in [4.78, 5) is 26.4. The molecule has 1 fully saturated rings. The lowest BCUT2D eigenvalue weighted by atomic mass is 9.90. The van der Waals surface area contributed by atoms with Crippen LogP contribution in [0.1, 0.15) is 39.2 Å². The molecular weight excluding hydrogens is 264 g/mol. The number of rotatable bonds is 5. The highest BCUT2D eigenvalue weighted by molar-refractivity contribution is 5.99. The molecule has 1 saturated heterocycles. The Bertz CT molecular complexity index is 515. The number of carbonyl (C=O) groups excluding carboxylic acids is 2. The summed E-state index contributed by atoms with van der Waals surface area (Å²) in [5, 5.41) is 2.78. The van der Waals surface area contributed by atoms with Gasteiger partial charge in [-0.25, -0.2) is 0 Å². The van der Waals surface area contributed by atoms with Crippen molar-refractivity contribution in [3.8, 4) is 0 Å². The summed E-state index contributed by atoms with van der Waals surface area (Å²) in [6.45, 7) is 6.18. The van der Waals surface area contributed by atoms with Crippen LogP contribution in [0.25, 0.3) is 0 Å². The van der Waals surface area contributed by atoms with E-state index >= 15 is 0 Å². The van der Waals surface area contributed by atoms with Crippen LogP contribution in [0.5, 0.6) is 0 Å². The molecule has 114 valence electrons. The quantitative estimate of drug-likeness (QED) is 0.902. The lowest BCUT2D eigenvalue weighted by Gasteiger charge is -2.45. The summed E-state index contributed by atoms with van der Waals surface area (Å²) in [5.41, 5.74) is 0.540. The number of hydrogen-bond acceptors (Lipinski definition) is 2. The van der Waals surface area contributed by atoms with Gasteiger partial charge in [-0.15, -0.1) is 0 Å². The Morgan fingerprint density at radius 2 is 1.90 bits per heavy atom. The molecule has 2 rings (SSSR count). The van der Waals surface area contributed by atoms with E-state index in [0.29, 0.717) is 13.0 Å². The van der Waals surface area contributed by atoms with Crippen LogP contribution < -0.4 is 5.32 Å². The summed E-state index contributed by atoms with van der Waals surface area (Å²) in [7, 11) is 0. The number of amides is 2. The fourth-order valence-corrected chi connectivity index (χ4v) is 2.81. The van der Waals surface area contributed by atoms with Gasteiger partial charge in [0.2, 0.25) is 11.8 Å². The van der Waals surface area contributed by atoms with Gasteiger partial charge in [0.1, 0.15) is 11.6 Å². The van der Waals surface area contributed by atoms with Gasteiger partial charge in [0, 0.05) is 6.54 Å². The second-order valence-corrected chi connectivity index (χ2v) is 5.90. The molecule has 0 radical (unpaired) electrons. The van der Waals surface area contributed by atoms with Gasteiger partial charge in [0.25, 0.3) is 0 Å². The molecule has 1 aliphatic heterocycles. The van der Waals surface area contributed by atoms with Gasteiger partial charge in [-0.05, 0) is 38.7 Å². The van der Waals surface area contributed by atoms with Crippen molar-refractivity contribution in [3.05, 3.63) is 35.9 Å². The molecule has 0 spiro atoms. The van der Waals surface area contributed by atoms with E-state index in [4.69, 9.17) is 0 Å². The maximum atomic E-state index is 12.4. The molecule has 4 nitrogen and oxygen atoms in total. The highest BCUT2D eigenvalue weighted by atomic mass is 16.2. The van der Waals surface area contributed by atoms with Crippen molar-refractivity contribution < 1.29 is 9.59 Å². The minimum absolute atomic E-state index is 0.0204. The molecule has 21 heavy (non-hydrogen) atoms. The third kappa shape index (κ3) is 3.09. The Labute approximate surface area is 126 Å². The van der Waals surface area contributed by atoms with Gasteiger partial charge in [0.05, 0.1) is 0 Å². The van der Waals surface area contributed by atoms with Crippen LogP contribution in [-0.2, 0) is 16.0 Å². The Morgan fingerprint density at radius 3 is 2.52 bits per heavy atom. The normalized spacial score (nSPS) is 25.9. The van der Waals surface area contributed by atoms with Gasteiger partial charge in [-0.2, -0.15) is 0 Å². The van der Waals surface area contributed by atoms with Crippen LogP contribution in [0.15, 0.2) is 30.3 Å². The number of nitrogens with zero attached hydrogens (tertiary/aromatic N) is 1. The highest BCUT2D eigenvalue weighted by Crippen LogP contribution is 2.25. The minimum Gasteiger partial charge on any atom is -0.343 e. The van der Waals surface area contributed by atoms with E-state index in [0.717, 1.165) is 12.8 Å². The van der Waals surface area contributed by atoms with Gasteiger partial charge in [-0.3, -0.25) is 9.59 Å². The van der Waals surface area contributed by atoms with Crippen molar-refractivity contribution in [2.75, 3.05) is 6.54 Å². The molecule has 0 saturated carbocycles. The highest BCUT2D eigenvalue weighted by Gasteiger charge is 2.46. The Morgan fingerprint density at radius 1 is 1.24 bits per heavy atom. The van der Waals surface area contributed by atoms with E-state index in [1.54, 1.807) is 11.8 Å². The zero-order valence-corrected chi connectivity index (χ0v) is 13.1. The van der Waals surface area contributed by atoms with Gasteiger partial charge in [0.15, 0.2) is 0 Å². The number of hydrogen-bond donors (Lipinski definition) is 1. The molecule has 0 aromatic heterocycles. The fourth-order valence-electron chi connectivity index (χ4n) is 2.81. The first-order valence-electron chi connectivity index (χ1n) is 7.65. The van der Waals surface area contributed by atoms with Crippen LogP contribution in [0.4, 0.5) is 0 Å². The maximum absolute atomic E-state index is 12.4. The molecule has 0 aliphatic carbocycles. The predicted molar refractivity (Wildman–Crippen MR) is 82.8 cm³/mol. The zero-order valence-electron chi connectivity index (χ0n) is 13.1. The second-order valence-electron chi connectivity index (χ2n) is 5.90.